The average Bonchev–Trinajstić information content (AvgIpc) is 3.03. The van der Waals surface area contributed by atoms with Crippen molar-refractivity contribution in [3.05, 3.63) is 36.0 Å². The summed E-state index contributed by atoms with van der Waals surface area (Å²) < 4.78 is 0. The Hall–Kier alpha value is -3.20. The normalized spacial score (nSPS) is 17.3. The summed E-state index contributed by atoms with van der Waals surface area (Å²) >= 11 is 0. The van der Waals surface area contributed by atoms with Crippen LogP contribution in [0.25, 0.3) is 10.9 Å². The molecule has 1 aliphatic heterocycles. The number of para-hydroxylation sites is 1. The van der Waals surface area contributed by atoms with E-state index in [4.69, 9.17) is 5.73 Å². The first-order valence-electron chi connectivity index (χ1n) is 8.38. The number of carbonyl (C=O) groups excluding carboxylic acids is 3. The monoisotopic (exact) mass is 372 g/mol. The maximum Gasteiger partial charge on any atom is 0.316 e. The molecule has 1 saturated heterocycles. The molecular formula is C18H20N4O5. The molecule has 27 heavy (non-hydrogen) atoms. The first-order valence-corrected chi connectivity index (χ1v) is 8.38. The molecule has 0 aliphatic carbocycles. The van der Waals surface area contributed by atoms with Crippen LogP contribution in [0.5, 0.6) is 0 Å². The third-order valence-corrected chi connectivity index (χ3v) is 4.78. The lowest BCUT2D eigenvalue weighted by molar-refractivity contribution is -0.153. The number of piperazine rings is 1. The Balaban J connectivity index is 1.82. The Labute approximate surface area is 154 Å². The van der Waals surface area contributed by atoms with Crippen LogP contribution in [0.2, 0.25) is 0 Å². The number of hydrogen-bond acceptors (Lipinski definition) is 5. The van der Waals surface area contributed by atoms with E-state index in [1.807, 2.05) is 12.1 Å². The van der Waals surface area contributed by atoms with Gasteiger partial charge in [-0.15, -0.1) is 0 Å². The molecule has 3 rings (SSSR count). The van der Waals surface area contributed by atoms with Gasteiger partial charge in [0.25, 0.3) is 0 Å². The Morgan fingerprint density at radius 1 is 1.22 bits per heavy atom. The van der Waals surface area contributed by atoms with Gasteiger partial charge >= 0.3 is 5.97 Å². The summed E-state index contributed by atoms with van der Waals surface area (Å²) in [4.78, 5) is 53.6. The van der Waals surface area contributed by atoms with Crippen molar-refractivity contribution in [3.8, 4) is 0 Å². The van der Waals surface area contributed by atoms with E-state index in [2.05, 4.69) is 4.98 Å². The van der Waals surface area contributed by atoms with Gasteiger partial charge in [-0.1, -0.05) is 18.2 Å². The zero-order chi connectivity index (χ0) is 19.7. The van der Waals surface area contributed by atoms with Gasteiger partial charge < -0.3 is 25.6 Å². The number of benzene rings is 1. The number of rotatable bonds is 6. The van der Waals surface area contributed by atoms with Crippen molar-refractivity contribution in [2.45, 2.75) is 6.04 Å². The number of likely N-dealkylation sites (N-methyl/N-ethyl adjacent to an activating group) is 1. The molecule has 9 nitrogen and oxygen atoms in total. The van der Waals surface area contributed by atoms with Crippen molar-refractivity contribution >= 4 is 34.5 Å². The van der Waals surface area contributed by atoms with E-state index in [9.17, 15) is 24.3 Å². The molecular weight excluding hydrogens is 352 g/mol. The van der Waals surface area contributed by atoms with Crippen LogP contribution in [0, 0.1) is 5.92 Å². The van der Waals surface area contributed by atoms with Crippen LogP contribution < -0.4 is 5.73 Å². The summed E-state index contributed by atoms with van der Waals surface area (Å²) in [6.07, 6.45) is 1.59. The second-order valence-electron chi connectivity index (χ2n) is 6.60. The van der Waals surface area contributed by atoms with Gasteiger partial charge in [-0.05, 0) is 11.6 Å². The molecule has 1 aromatic carbocycles. The molecule has 2 unspecified atom stereocenters. The predicted octanol–water partition coefficient (Wildman–Crippen LogP) is -0.262. The molecule has 142 valence electrons. The van der Waals surface area contributed by atoms with Gasteiger partial charge in [0, 0.05) is 24.1 Å². The van der Waals surface area contributed by atoms with Crippen LogP contribution in [0.15, 0.2) is 30.5 Å². The molecule has 4 N–H and O–H groups in total. The highest BCUT2D eigenvalue weighted by atomic mass is 16.4. The lowest BCUT2D eigenvalue weighted by atomic mass is 9.89. The van der Waals surface area contributed by atoms with Gasteiger partial charge in [0.15, 0.2) is 5.78 Å². The van der Waals surface area contributed by atoms with E-state index in [1.54, 1.807) is 18.3 Å². The third-order valence-electron chi connectivity index (χ3n) is 4.78. The number of amides is 2. The molecule has 9 heteroatoms. The number of Topliss-reactive ketones (excluding diaryl/α,β-unsaturated/α-hetero) is 1. The third kappa shape index (κ3) is 3.54. The number of nitrogens with zero attached hydrogens (tertiary/aromatic N) is 2. The maximum absolute atomic E-state index is 12.7. The molecule has 0 radical (unpaired) electrons. The molecule has 0 bridgehead atoms. The standard InChI is InChI=1S/C18H20N4O5/c1-21-8-15(25)22(9-14(21)24)7-13(23)16(18(26)27)17(19)11-6-20-12-5-3-2-4-10(11)12/h2-6,16-17,20H,7-9,19H2,1H3,(H,26,27). The SMILES string of the molecule is CN1CC(=O)N(CC(=O)C(C(=O)O)C(N)c2c[nH]c3ccccc23)CC1=O. The number of aromatic nitrogens is 1. The van der Waals surface area contributed by atoms with Crippen LogP contribution in [-0.4, -0.2) is 70.1 Å². The largest absolute Gasteiger partial charge is 0.481 e. The van der Waals surface area contributed by atoms with E-state index in [0.717, 1.165) is 15.8 Å². The highest BCUT2D eigenvalue weighted by Gasteiger charge is 2.37. The summed E-state index contributed by atoms with van der Waals surface area (Å²) in [5.74, 6) is -4.34. The van der Waals surface area contributed by atoms with Crippen molar-refractivity contribution < 1.29 is 24.3 Å². The zero-order valence-corrected chi connectivity index (χ0v) is 14.7. The number of hydrogen-bond donors (Lipinski definition) is 3. The molecule has 1 aromatic heterocycles. The summed E-state index contributed by atoms with van der Waals surface area (Å²) in [6, 6.07) is 6.12. The molecule has 2 heterocycles. The number of carboxylic acids is 1. The van der Waals surface area contributed by atoms with Gasteiger partial charge in [0.1, 0.15) is 12.5 Å². The van der Waals surface area contributed by atoms with Crippen LogP contribution in [0.3, 0.4) is 0 Å². The number of nitrogens with one attached hydrogen (secondary N) is 1. The Kier molecular flexibility index (Phi) is 4.95. The van der Waals surface area contributed by atoms with Crippen LogP contribution in [0.4, 0.5) is 0 Å². The summed E-state index contributed by atoms with van der Waals surface area (Å²) in [6.45, 7) is -0.862. The Bertz CT molecular complexity index is 921. The molecule has 1 fully saturated rings. The van der Waals surface area contributed by atoms with Gasteiger partial charge in [-0.3, -0.25) is 19.2 Å². The van der Waals surface area contributed by atoms with E-state index in [-0.39, 0.29) is 19.0 Å². The molecule has 2 aromatic rings. The predicted molar refractivity (Wildman–Crippen MR) is 95.6 cm³/mol. The van der Waals surface area contributed by atoms with E-state index in [1.165, 1.54) is 11.9 Å². The Morgan fingerprint density at radius 2 is 1.93 bits per heavy atom. The molecule has 1 aliphatic rings. The molecule has 0 saturated carbocycles. The second kappa shape index (κ2) is 7.20. The lowest BCUT2D eigenvalue weighted by Gasteiger charge is -2.32. The number of aromatic amines is 1. The topological polar surface area (TPSA) is 137 Å². The first-order chi connectivity index (χ1) is 12.8. The number of aliphatic carboxylic acids is 1. The number of carbonyl (C=O) groups is 4. The minimum Gasteiger partial charge on any atom is -0.481 e. The van der Waals surface area contributed by atoms with Crippen LogP contribution in [0.1, 0.15) is 11.6 Å². The van der Waals surface area contributed by atoms with Gasteiger partial charge in [-0.2, -0.15) is 0 Å². The highest BCUT2D eigenvalue weighted by Crippen LogP contribution is 2.28. The van der Waals surface area contributed by atoms with Gasteiger partial charge in [-0.25, -0.2) is 0 Å². The zero-order valence-electron chi connectivity index (χ0n) is 14.7. The highest BCUT2D eigenvalue weighted by molar-refractivity contribution is 6.03. The summed E-state index contributed by atoms with van der Waals surface area (Å²) in [7, 11) is 1.49. The summed E-state index contributed by atoms with van der Waals surface area (Å²) in [5, 5.41) is 10.3. The second-order valence-corrected chi connectivity index (χ2v) is 6.60. The van der Waals surface area contributed by atoms with Crippen molar-refractivity contribution in [1.29, 1.82) is 0 Å². The fourth-order valence-electron chi connectivity index (χ4n) is 3.23. The van der Waals surface area contributed by atoms with Crippen molar-refractivity contribution in [2.24, 2.45) is 11.7 Å². The van der Waals surface area contributed by atoms with Crippen molar-refractivity contribution in [3.63, 3.8) is 0 Å². The lowest BCUT2D eigenvalue weighted by Crippen LogP contribution is -2.54. The molecule has 2 atom stereocenters. The smallest absolute Gasteiger partial charge is 0.316 e. The average molecular weight is 372 g/mol. The summed E-state index contributed by atoms with van der Waals surface area (Å²) in [5.41, 5.74) is 7.42. The minimum absolute atomic E-state index is 0.141. The first kappa shape index (κ1) is 18.6. The fourth-order valence-corrected chi connectivity index (χ4v) is 3.23. The van der Waals surface area contributed by atoms with Crippen molar-refractivity contribution in [1.82, 2.24) is 14.8 Å². The number of H-pyrrole nitrogens is 1. The van der Waals surface area contributed by atoms with E-state index >= 15 is 0 Å². The van der Waals surface area contributed by atoms with Gasteiger partial charge in [0.05, 0.1) is 19.1 Å². The van der Waals surface area contributed by atoms with Gasteiger partial charge in [0.2, 0.25) is 11.8 Å². The Morgan fingerprint density at radius 3 is 2.63 bits per heavy atom. The molecule has 2 amide bonds. The van der Waals surface area contributed by atoms with Crippen LogP contribution >= 0.6 is 0 Å². The van der Waals surface area contributed by atoms with E-state index < -0.39 is 36.2 Å². The number of carboxylic acid groups (broad SMARTS) is 1. The number of ketones is 1. The number of fused-ring (bicyclic) bond motifs is 1. The maximum atomic E-state index is 12.7. The van der Waals surface area contributed by atoms with E-state index in [0.29, 0.717) is 5.56 Å². The molecule has 0 spiro atoms. The minimum atomic E-state index is -1.54. The van der Waals surface area contributed by atoms with Crippen LogP contribution in [-0.2, 0) is 19.2 Å². The fraction of sp³-hybridized carbons (Fsp3) is 0.333. The quantitative estimate of drug-likeness (QED) is 0.598. The van der Waals surface area contributed by atoms with Crippen molar-refractivity contribution in [2.75, 3.05) is 26.7 Å². The number of nitrogens with two attached hydrogens (primary N) is 1.